The van der Waals surface area contributed by atoms with E-state index in [1.807, 2.05) is 36.2 Å². The number of thioether (sulfide) groups is 1. The molecule has 4 heterocycles. The number of thiazole rings is 1. The molecule has 2 saturated heterocycles. The molecule has 1 amide bonds. The van der Waals surface area contributed by atoms with Gasteiger partial charge in [0, 0.05) is 67.0 Å². The standard InChI is InChI=1S/C26H30N6O6S2/c1-14-20-19(15(2)33)23(34)31(20)21(24(35)38-13-16-5-7-17(8-6-16)32(36)37)22(14)40-18-11-29(3)26(30(4)12-18)28-25-27-9-10-39-25/h5-10,14-15,18-20,33H,11-13H2,1-4H3/t14-,15-,18?,19-,20-/m1/s1. The number of aliphatic hydroxyl groups is 1. The molecule has 212 valence electrons. The summed E-state index contributed by atoms with van der Waals surface area (Å²) in [5.41, 5.74) is 0.760. The Balaban J connectivity index is 1.36. The van der Waals surface area contributed by atoms with Crippen LogP contribution in [0.25, 0.3) is 0 Å². The lowest BCUT2D eigenvalue weighted by atomic mass is 9.79. The number of fused-ring (bicyclic) bond motifs is 1. The summed E-state index contributed by atoms with van der Waals surface area (Å²) < 4.78 is 5.61. The van der Waals surface area contributed by atoms with Crippen LogP contribution < -0.4 is 0 Å². The predicted molar refractivity (Wildman–Crippen MR) is 151 cm³/mol. The first-order valence-corrected chi connectivity index (χ1v) is 14.6. The number of ether oxygens (including phenoxy) is 1. The van der Waals surface area contributed by atoms with Crippen molar-refractivity contribution >= 4 is 51.8 Å². The SMILES string of the molecule is C[C@@H](O)[C@H]1C(=O)N2C(C(=O)OCc3ccc([N+](=O)[O-])cc3)=C(SC3CN(C)C(=Nc4nccs4)N(C)C3)[C@H](C)[C@H]12. The Kier molecular flexibility index (Phi) is 7.84. The van der Waals surface area contributed by atoms with E-state index in [1.54, 1.807) is 24.9 Å². The number of hydrogen-bond donors (Lipinski definition) is 1. The van der Waals surface area contributed by atoms with Crippen molar-refractivity contribution in [1.29, 1.82) is 0 Å². The molecule has 1 aromatic carbocycles. The van der Waals surface area contributed by atoms with E-state index in [9.17, 15) is 24.8 Å². The summed E-state index contributed by atoms with van der Waals surface area (Å²) in [5.74, 6) is -0.864. The van der Waals surface area contributed by atoms with E-state index in [0.29, 0.717) is 23.8 Å². The Bertz CT molecular complexity index is 1350. The average Bonchev–Trinajstić information content (AvgIpc) is 3.50. The molecule has 1 aromatic heterocycles. The van der Waals surface area contributed by atoms with Gasteiger partial charge in [0.2, 0.25) is 17.0 Å². The van der Waals surface area contributed by atoms with Gasteiger partial charge in [0.25, 0.3) is 5.69 Å². The summed E-state index contributed by atoms with van der Waals surface area (Å²) in [6, 6.07) is 5.45. The second kappa shape index (κ2) is 11.2. The highest BCUT2D eigenvalue weighted by Gasteiger charge is 2.60. The van der Waals surface area contributed by atoms with Crippen molar-refractivity contribution in [3.63, 3.8) is 0 Å². The molecule has 2 fully saturated rings. The predicted octanol–water partition coefficient (Wildman–Crippen LogP) is 2.83. The number of rotatable bonds is 8. The number of guanidine groups is 1. The summed E-state index contributed by atoms with van der Waals surface area (Å²) in [4.78, 5) is 52.2. The largest absolute Gasteiger partial charge is 0.456 e. The van der Waals surface area contributed by atoms with E-state index < -0.39 is 22.9 Å². The number of β-lactam (4-membered cyclic amide) rings is 1. The van der Waals surface area contributed by atoms with Crippen molar-refractivity contribution in [3.05, 3.63) is 62.1 Å². The first-order valence-electron chi connectivity index (χ1n) is 12.8. The van der Waals surface area contributed by atoms with Crippen LogP contribution in [0.5, 0.6) is 0 Å². The van der Waals surface area contributed by atoms with Crippen molar-refractivity contribution in [3.8, 4) is 0 Å². The molecule has 5 rings (SSSR count). The van der Waals surface area contributed by atoms with E-state index in [1.165, 1.54) is 40.5 Å². The molecule has 0 radical (unpaired) electrons. The fraction of sp³-hybridized carbons (Fsp3) is 0.462. The van der Waals surface area contributed by atoms with E-state index in [4.69, 9.17) is 4.74 Å². The molecule has 1 N–H and O–H groups in total. The Morgan fingerprint density at radius 3 is 2.55 bits per heavy atom. The smallest absolute Gasteiger partial charge is 0.356 e. The number of non-ortho nitro benzene ring substituents is 1. The Morgan fingerprint density at radius 1 is 1.30 bits per heavy atom. The lowest BCUT2D eigenvalue weighted by Crippen LogP contribution is -2.63. The van der Waals surface area contributed by atoms with Crippen LogP contribution >= 0.6 is 23.1 Å². The van der Waals surface area contributed by atoms with Gasteiger partial charge in [-0.25, -0.2) is 9.78 Å². The van der Waals surface area contributed by atoms with Crippen LogP contribution in [-0.2, 0) is 20.9 Å². The maximum absolute atomic E-state index is 13.5. The molecule has 12 nitrogen and oxygen atoms in total. The zero-order valence-electron chi connectivity index (χ0n) is 22.5. The average molecular weight is 587 g/mol. The molecule has 0 aliphatic carbocycles. The highest BCUT2D eigenvalue weighted by Crippen LogP contribution is 2.51. The Hall–Kier alpha value is -3.49. The Morgan fingerprint density at radius 2 is 1.98 bits per heavy atom. The van der Waals surface area contributed by atoms with E-state index >= 15 is 0 Å². The molecule has 0 bridgehead atoms. The van der Waals surface area contributed by atoms with Crippen LogP contribution in [-0.4, -0.2) is 92.1 Å². The number of carbonyl (C=O) groups excluding carboxylic acids is 2. The third kappa shape index (κ3) is 5.18. The lowest BCUT2D eigenvalue weighted by molar-refractivity contribution is -0.384. The van der Waals surface area contributed by atoms with Gasteiger partial charge in [0.15, 0.2) is 0 Å². The number of carbonyl (C=O) groups is 2. The van der Waals surface area contributed by atoms with E-state index in [-0.39, 0.29) is 41.1 Å². The third-order valence-corrected chi connectivity index (χ3v) is 9.48. The van der Waals surface area contributed by atoms with Crippen molar-refractivity contribution in [1.82, 2.24) is 19.7 Å². The number of aliphatic hydroxyl groups excluding tert-OH is 1. The highest BCUT2D eigenvalue weighted by molar-refractivity contribution is 8.03. The molecule has 40 heavy (non-hydrogen) atoms. The van der Waals surface area contributed by atoms with Gasteiger partial charge in [0.1, 0.15) is 12.3 Å². The number of aromatic nitrogens is 1. The van der Waals surface area contributed by atoms with Crippen LogP contribution in [0.15, 0.2) is 51.4 Å². The molecule has 0 saturated carbocycles. The fourth-order valence-corrected chi connectivity index (χ4v) is 7.61. The molecule has 0 spiro atoms. The van der Waals surface area contributed by atoms with Crippen molar-refractivity contribution in [2.45, 2.75) is 37.9 Å². The van der Waals surface area contributed by atoms with Gasteiger partial charge in [-0.15, -0.1) is 23.1 Å². The van der Waals surface area contributed by atoms with Crippen molar-refractivity contribution in [2.75, 3.05) is 27.2 Å². The zero-order chi connectivity index (χ0) is 28.7. The normalized spacial score (nSPS) is 25.1. The second-order valence-corrected chi connectivity index (χ2v) is 12.4. The molecular weight excluding hydrogens is 556 g/mol. The summed E-state index contributed by atoms with van der Waals surface area (Å²) in [6.45, 7) is 4.81. The molecular formula is C26H30N6O6S2. The van der Waals surface area contributed by atoms with Gasteiger partial charge < -0.3 is 24.5 Å². The molecule has 3 aliphatic heterocycles. The number of esters is 1. The monoisotopic (exact) mass is 586 g/mol. The molecule has 2 aromatic rings. The Labute approximate surface area is 239 Å². The number of nitro groups is 1. The van der Waals surface area contributed by atoms with E-state index in [2.05, 4.69) is 9.98 Å². The topological polar surface area (TPSA) is 142 Å². The number of aliphatic imine (C=N–C) groups is 1. The van der Waals surface area contributed by atoms with Gasteiger partial charge in [-0.1, -0.05) is 6.92 Å². The van der Waals surface area contributed by atoms with Gasteiger partial charge >= 0.3 is 5.97 Å². The minimum absolute atomic E-state index is 0.0541. The van der Waals surface area contributed by atoms with Crippen LogP contribution in [0.3, 0.4) is 0 Å². The number of benzene rings is 1. The third-order valence-electron chi connectivity index (χ3n) is 7.37. The van der Waals surface area contributed by atoms with Crippen LogP contribution in [0.2, 0.25) is 0 Å². The molecule has 4 atom stereocenters. The first-order chi connectivity index (χ1) is 19.1. The summed E-state index contributed by atoms with van der Waals surface area (Å²) in [6.07, 6.45) is 0.877. The van der Waals surface area contributed by atoms with Gasteiger partial charge in [-0.3, -0.25) is 14.9 Å². The lowest BCUT2D eigenvalue weighted by Gasteiger charge is -2.46. The van der Waals surface area contributed by atoms with Gasteiger partial charge in [0.05, 0.1) is 23.0 Å². The molecule has 3 aliphatic rings. The number of nitrogens with zero attached hydrogens (tertiary/aromatic N) is 6. The van der Waals surface area contributed by atoms with Crippen LogP contribution in [0, 0.1) is 22.0 Å². The number of amides is 1. The quantitative estimate of drug-likeness (QED) is 0.212. The molecule has 14 heteroatoms. The minimum Gasteiger partial charge on any atom is -0.456 e. The summed E-state index contributed by atoms with van der Waals surface area (Å²) in [7, 11) is 3.92. The minimum atomic E-state index is -0.838. The van der Waals surface area contributed by atoms with Crippen molar-refractivity contribution in [2.24, 2.45) is 16.8 Å². The maximum atomic E-state index is 13.5. The first kappa shape index (κ1) is 28.1. The van der Waals surface area contributed by atoms with Gasteiger partial charge in [-0.2, -0.15) is 4.99 Å². The second-order valence-electron chi connectivity index (χ2n) is 10.2. The molecule has 0 unspecified atom stereocenters. The maximum Gasteiger partial charge on any atom is 0.356 e. The number of hydrogen-bond acceptors (Lipinski definition) is 10. The van der Waals surface area contributed by atoms with Gasteiger partial charge in [-0.05, 0) is 24.6 Å². The zero-order valence-corrected chi connectivity index (χ0v) is 24.1. The van der Waals surface area contributed by atoms with Crippen LogP contribution in [0.1, 0.15) is 19.4 Å². The van der Waals surface area contributed by atoms with Crippen LogP contribution in [0.4, 0.5) is 10.8 Å². The summed E-state index contributed by atoms with van der Waals surface area (Å²) >= 11 is 3.02. The summed E-state index contributed by atoms with van der Waals surface area (Å²) in [5, 5.41) is 23.8. The fourth-order valence-electron chi connectivity index (χ4n) is 5.51. The van der Waals surface area contributed by atoms with E-state index in [0.717, 1.165) is 10.9 Å². The highest BCUT2D eigenvalue weighted by atomic mass is 32.2. The van der Waals surface area contributed by atoms with Crippen molar-refractivity contribution < 1.29 is 24.4 Å². The number of nitro benzene ring substituents is 1.